The number of aliphatic hydroxyl groups is 2. The summed E-state index contributed by atoms with van der Waals surface area (Å²) in [4.78, 5) is 11.3. The average molecular weight is 253 g/mol. The number of hydrogen-bond donors (Lipinski definition) is 2. The molecule has 0 radical (unpaired) electrons. The molecule has 84 valence electrons. The Morgan fingerprint density at radius 2 is 1.93 bits per heavy atom. The minimum Gasteiger partial charge on any atom is -0.510 e. The summed E-state index contributed by atoms with van der Waals surface area (Å²) in [5.74, 6) is -3.00. The van der Waals surface area contributed by atoms with E-state index in [0.717, 1.165) is 0 Å². The van der Waals surface area contributed by atoms with Crippen LogP contribution in [0.4, 0.5) is 0 Å². The van der Waals surface area contributed by atoms with Crippen molar-refractivity contribution in [3.63, 3.8) is 0 Å². The van der Waals surface area contributed by atoms with Gasteiger partial charge in [-0.25, -0.2) is 0 Å². The molecule has 1 rings (SSSR count). The second-order valence-electron chi connectivity index (χ2n) is 3.19. The zero-order chi connectivity index (χ0) is 11.7. The van der Waals surface area contributed by atoms with Crippen molar-refractivity contribution < 1.29 is 19.7 Å². The molecule has 4 nitrogen and oxygen atoms in total. The quantitative estimate of drug-likeness (QED) is 0.704. The van der Waals surface area contributed by atoms with Crippen molar-refractivity contribution in [1.82, 2.24) is 0 Å². The van der Waals surface area contributed by atoms with E-state index in [-0.39, 0.29) is 10.1 Å². The molecule has 0 fully saturated rings. The van der Waals surface area contributed by atoms with E-state index in [9.17, 15) is 15.0 Å². The number of methoxy groups -OCH3 is 1. The first-order chi connectivity index (χ1) is 6.91. The number of ether oxygens (including phenoxy) is 1. The lowest BCUT2D eigenvalue weighted by Gasteiger charge is -2.26. The highest BCUT2D eigenvalue weighted by Crippen LogP contribution is 2.40. The summed E-state index contributed by atoms with van der Waals surface area (Å²) in [6, 6.07) is 0. The maximum atomic E-state index is 11.3. The topological polar surface area (TPSA) is 66.8 Å². The Morgan fingerprint density at radius 3 is 2.40 bits per heavy atom. The molecule has 6 heteroatoms. The van der Waals surface area contributed by atoms with Gasteiger partial charge in [-0.3, -0.25) is 4.79 Å². The second kappa shape index (κ2) is 4.33. The summed E-state index contributed by atoms with van der Waals surface area (Å²) in [5.41, 5.74) is 0. The molecule has 0 saturated carbocycles. The van der Waals surface area contributed by atoms with Gasteiger partial charge in [0.2, 0.25) is 0 Å². The van der Waals surface area contributed by atoms with E-state index in [2.05, 4.69) is 4.74 Å². The number of rotatable bonds is 1. The van der Waals surface area contributed by atoms with Gasteiger partial charge in [-0.05, 0) is 0 Å². The maximum Gasteiger partial charge on any atom is 0.317 e. The van der Waals surface area contributed by atoms with Gasteiger partial charge in [0.05, 0.1) is 12.1 Å². The third-order valence-corrected chi connectivity index (χ3v) is 3.20. The molecule has 1 aliphatic carbocycles. The van der Waals surface area contributed by atoms with E-state index in [4.69, 9.17) is 23.2 Å². The number of carbonyl (C=O) groups excluding carboxylic acids is 1. The van der Waals surface area contributed by atoms with Crippen LogP contribution in [0.1, 0.15) is 6.92 Å². The van der Waals surface area contributed by atoms with E-state index in [1.165, 1.54) is 7.11 Å². The Labute approximate surface area is 96.7 Å². The molecule has 0 aromatic carbocycles. The minimum absolute atomic E-state index is 0.0354. The summed E-state index contributed by atoms with van der Waals surface area (Å²) in [5, 5.41) is 18.7. The summed E-state index contributed by atoms with van der Waals surface area (Å²) in [6.45, 7) is 1.58. The Balaban J connectivity index is 3.20. The number of halogens is 2. The highest BCUT2D eigenvalue weighted by atomic mass is 35.5. The molecule has 0 aromatic rings. The van der Waals surface area contributed by atoms with Crippen molar-refractivity contribution in [3.8, 4) is 0 Å². The first-order valence-electron chi connectivity index (χ1n) is 4.17. The van der Waals surface area contributed by atoms with Crippen LogP contribution in [0, 0.1) is 11.8 Å². The highest BCUT2D eigenvalue weighted by Gasteiger charge is 2.39. The third-order valence-electron chi connectivity index (χ3n) is 2.31. The molecule has 2 N–H and O–H groups in total. The number of aliphatic hydroxyl groups excluding tert-OH is 2. The minimum atomic E-state index is -0.967. The van der Waals surface area contributed by atoms with Gasteiger partial charge in [-0.1, -0.05) is 30.1 Å². The fourth-order valence-corrected chi connectivity index (χ4v) is 1.89. The van der Waals surface area contributed by atoms with Gasteiger partial charge < -0.3 is 14.9 Å². The molecule has 0 heterocycles. The fraction of sp³-hybridized carbons (Fsp3) is 0.444. The zero-order valence-corrected chi connectivity index (χ0v) is 9.63. The van der Waals surface area contributed by atoms with Crippen molar-refractivity contribution in [2.45, 2.75) is 6.92 Å². The van der Waals surface area contributed by atoms with Gasteiger partial charge in [0.25, 0.3) is 0 Å². The molecule has 2 unspecified atom stereocenters. The van der Waals surface area contributed by atoms with Crippen LogP contribution < -0.4 is 0 Å². The van der Waals surface area contributed by atoms with E-state index < -0.39 is 29.3 Å². The van der Waals surface area contributed by atoms with Crippen LogP contribution in [0.3, 0.4) is 0 Å². The van der Waals surface area contributed by atoms with E-state index in [1.54, 1.807) is 6.92 Å². The van der Waals surface area contributed by atoms with Crippen molar-refractivity contribution in [2.24, 2.45) is 11.8 Å². The van der Waals surface area contributed by atoms with Gasteiger partial charge >= 0.3 is 5.97 Å². The molecule has 2 atom stereocenters. The Hall–Kier alpha value is -0.870. The van der Waals surface area contributed by atoms with Crippen LogP contribution in [0.2, 0.25) is 0 Å². The molecule has 0 bridgehead atoms. The summed E-state index contributed by atoms with van der Waals surface area (Å²) >= 11 is 11.4. The summed E-state index contributed by atoms with van der Waals surface area (Å²) in [7, 11) is 1.20. The normalized spacial score (nSPS) is 26.9. The van der Waals surface area contributed by atoms with Gasteiger partial charge in [-0.15, -0.1) is 0 Å². The molecule has 0 spiro atoms. The van der Waals surface area contributed by atoms with Gasteiger partial charge in [0, 0.05) is 5.92 Å². The molecular formula is C9H10Cl2O4. The van der Waals surface area contributed by atoms with E-state index in [0.29, 0.717) is 0 Å². The first kappa shape index (κ1) is 12.2. The Morgan fingerprint density at radius 1 is 1.40 bits per heavy atom. The lowest BCUT2D eigenvalue weighted by molar-refractivity contribution is -0.146. The standard InChI is InChI=1S/C9H10Cl2O4/c1-3-4(9(14)15-2)7(12)6(11)8(13)5(3)10/h3-4,12-13H,1-2H3. The van der Waals surface area contributed by atoms with E-state index >= 15 is 0 Å². The molecule has 0 saturated heterocycles. The SMILES string of the molecule is COC(=O)C1C(O)=C(Cl)C(O)=C(Cl)C1C. The van der Waals surface area contributed by atoms with Crippen LogP contribution >= 0.6 is 23.2 Å². The molecule has 0 aromatic heterocycles. The molecule has 15 heavy (non-hydrogen) atoms. The van der Waals surface area contributed by atoms with Crippen LogP contribution in [0.15, 0.2) is 21.6 Å². The van der Waals surface area contributed by atoms with Crippen LogP contribution in [0.25, 0.3) is 0 Å². The average Bonchev–Trinajstić information content (AvgIpc) is 2.23. The first-order valence-corrected chi connectivity index (χ1v) is 4.92. The largest absolute Gasteiger partial charge is 0.510 e. The Bertz CT molecular complexity index is 359. The van der Waals surface area contributed by atoms with Gasteiger partial charge in [0.1, 0.15) is 16.7 Å². The fourth-order valence-electron chi connectivity index (χ4n) is 1.40. The Kier molecular flexibility index (Phi) is 3.52. The molecule has 1 aliphatic rings. The lowest BCUT2D eigenvalue weighted by Crippen LogP contribution is -2.29. The van der Waals surface area contributed by atoms with Gasteiger partial charge in [-0.2, -0.15) is 0 Å². The van der Waals surface area contributed by atoms with Crippen molar-refractivity contribution >= 4 is 29.2 Å². The zero-order valence-electron chi connectivity index (χ0n) is 8.12. The molecular weight excluding hydrogens is 243 g/mol. The molecule has 0 aliphatic heterocycles. The second-order valence-corrected chi connectivity index (χ2v) is 3.97. The lowest BCUT2D eigenvalue weighted by atomic mass is 9.87. The van der Waals surface area contributed by atoms with Crippen LogP contribution in [-0.4, -0.2) is 23.3 Å². The highest BCUT2D eigenvalue weighted by molar-refractivity contribution is 6.36. The van der Waals surface area contributed by atoms with Crippen molar-refractivity contribution in [3.05, 3.63) is 21.6 Å². The van der Waals surface area contributed by atoms with Gasteiger partial charge in [0.15, 0.2) is 5.76 Å². The third kappa shape index (κ3) is 1.92. The van der Waals surface area contributed by atoms with E-state index in [1.807, 2.05) is 0 Å². The van der Waals surface area contributed by atoms with Crippen LogP contribution in [0.5, 0.6) is 0 Å². The predicted octanol–water partition coefficient (Wildman–Crippen LogP) is 2.44. The summed E-state index contributed by atoms with van der Waals surface area (Å²) in [6.07, 6.45) is 0. The molecule has 0 amide bonds. The van der Waals surface area contributed by atoms with Crippen molar-refractivity contribution in [1.29, 1.82) is 0 Å². The summed E-state index contributed by atoms with van der Waals surface area (Å²) < 4.78 is 4.51. The van der Waals surface area contributed by atoms with Crippen LogP contribution in [-0.2, 0) is 9.53 Å². The van der Waals surface area contributed by atoms with Crippen molar-refractivity contribution in [2.75, 3.05) is 7.11 Å². The monoisotopic (exact) mass is 252 g/mol. The maximum absolute atomic E-state index is 11.3. The number of hydrogen-bond acceptors (Lipinski definition) is 4. The number of carbonyl (C=O) groups is 1. The smallest absolute Gasteiger partial charge is 0.317 e. The number of allylic oxidation sites excluding steroid dienone is 2. The number of esters is 1. The predicted molar refractivity (Wildman–Crippen MR) is 55.7 cm³/mol.